The molecule has 0 N–H and O–H groups in total. The highest BCUT2D eigenvalue weighted by molar-refractivity contribution is 5.96. The van der Waals surface area contributed by atoms with Crippen molar-refractivity contribution >= 4 is 11.6 Å². The number of hydrogen-bond acceptors (Lipinski definition) is 4. The molecule has 0 bridgehead atoms. The average molecular weight is 498 g/mol. The molecule has 3 aromatic carbocycles. The molecule has 1 saturated heterocycles. The molecule has 1 aliphatic rings. The Morgan fingerprint density at radius 2 is 1.49 bits per heavy atom. The molecule has 1 heterocycles. The minimum Gasteiger partial charge on any atom is -0.497 e. The first-order chi connectivity index (χ1) is 18.0. The Morgan fingerprint density at radius 1 is 0.838 bits per heavy atom. The van der Waals surface area contributed by atoms with Gasteiger partial charge >= 0.3 is 0 Å². The molecule has 2 atom stereocenters. The quantitative estimate of drug-likeness (QED) is 0.242. The predicted octanol–water partition coefficient (Wildman–Crippen LogP) is 6.88. The summed E-state index contributed by atoms with van der Waals surface area (Å²) >= 11 is 0. The van der Waals surface area contributed by atoms with E-state index >= 15 is 0 Å². The molecule has 4 heteroatoms. The van der Waals surface area contributed by atoms with Crippen LogP contribution in [0.1, 0.15) is 54.9 Å². The van der Waals surface area contributed by atoms with Gasteiger partial charge in [0.15, 0.2) is 5.78 Å². The van der Waals surface area contributed by atoms with Crippen LogP contribution in [-0.4, -0.2) is 43.2 Å². The summed E-state index contributed by atoms with van der Waals surface area (Å²) in [6.07, 6.45) is 4.82. The van der Waals surface area contributed by atoms with Gasteiger partial charge < -0.3 is 9.64 Å². The lowest BCUT2D eigenvalue weighted by Gasteiger charge is -2.28. The van der Waals surface area contributed by atoms with Crippen LogP contribution in [0.5, 0.6) is 5.75 Å². The Bertz CT molecular complexity index is 1130. The molecule has 4 nitrogen and oxygen atoms in total. The van der Waals surface area contributed by atoms with Crippen molar-refractivity contribution < 1.29 is 14.3 Å². The number of rotatable bonds is 13. The van der Waals surface area contributed by atoms with Crippen LogP contribution in [0.4, 0.5) is 0 Å². The van der Waals surface area contributed by atoms with Gasteiger partial charge in [0.1, 0.15) is 11.5 Å². The maximum Gasteiger partial charge on any atom is 0.162 e. The number of hydrogen-bond donors (Lipinski definition) is 0. The standard InChI is InChI=1S/C33H39NO3/c1-25(32(35)11-8-12-33(36)29-17-19-31(37-2)20-18-29)30(24-34-21-6-7-22-34)23-26-13-15-28(16-14-26)27-9-4-3-5-10-27/h3-5,9-10,13-20,25,30H,6-8,11-12,21-24H2,1-2H3. The smallest absolute Gasteiger partial charge is 0.162 e. The SMILES string of the molecule is COc1ccc(C(=O)CCCC(=O)C(C)C(Cc2ccc(-c3ccccc3)cc2)CN2CCCC2)cc1. The number of ketones is 2. The molecule has 1 fully saturated rings. The number of likely N-dealkylation sites (tertiary alicyclic amines) is 1. The maximum absolute atomic E-state index is 13.2. The van der Waals surface area contributed by atoms with Crippen molar-refractivity contribution in [2.45, 2.75) is 45.4 Å². The Morgan fingerprint density at radius 3 is 2.14 bits per heavy atom. The van der Waals surface area contributed by atoms with E-state index in [1.54, 1.807) is 31.4 Å². The average Bonchev–Trinajstić information content (AvgIpc) is 3.46. The maximum atomic E-state index is 13.2. The van der Waals surface area contributed by atoms with E-state index < -0.39 is 0 Å². The molecule has 0 spiro atoms. The zero-order chi connectivity index (χ0) is 26.0. The normalized spacial score (nSPS) is 15.3. The number of benzene rings is 3. The lowest BCUT2D eigenvalue weighted by molar-refractivity contribution is -0.124. The Hall–Kier alpha value is -3.24. The summed E-state index contributed by atoms with van der Waals surface area (Å²) in [7, 11) is 1.61. The van der Waals surface area contributed by atoms with Gasteiger partial charge in [-0.2, -0.15) is 0 Å². The summed E-state index contributed by atoms with van der Waals surface area (Å²) in [4.78, 5) is 28.3. The minimum absolute atomic E-state index is 0.0366. The molecule has 1 aliphatic heterocycles. The van der Waals surface area contributed by atoms with Crippen molar-refractivity contribution in [3.63, 3.8) is 0 Å². The second-order valence-electron chi connectivity index (χ2n) is 10.3. The molecule has 0 radical (unpaired) electrons. The number of carbonyl (C=O) groups excluding carboxylic acids is 2. The Labute approximate surface area is 221 Å². The van der Waals surface area contributed by atoms with Crippen molar-refractivity contribution in [1.29, 1.82) is 0 Å². The van der Waals surface area contributed by atoms with Crippen LogP contribution < -0.4 is 4.74 Å². The highest BCUT2D eigenvalue weighted by Gasteiger charge is 2.27. The van der Waals surface area contributed by atoms with E-state index in [0.29, 0.717) is 24.8 Å². The third-order valence-corrected chi connectivity index (χ3v) is 7.70. The van der Waals surface area contributed by atoms with Crippen LogP contribution in [-0.2, 0) is 11.2 Å². The van der Waals surface area contributed by atoms with Gasteiger partial charge in [0.05, 0.1) is 7.11 Å². The zero-order valence-corrected chi connectivity index (χ0v) is 22.2. The number of Topliss-reactive ketones (excluding diaryl/α,β-unsaturated/α-hetero) is 2. The largest absolute Gasteiger partial charge is 0.497 e. The summed E-state index contributed by atoms with van der Waals surface area (Å²) in [6.45, 7) is 5.30. The summed E-state index contributed by atoms with van der Waals surface area (Å²) in [5, 5.41) is 0. The summed E-state index contributed by atoms with van der Waals surface area (Å²) < 4.78 is 5.17. The lowest BCUT2D eigenvalue weighted by atomic mass is 9.83. The van der Waals surface area contributed by atoms with Gasteiger partial charge in [-0.15, -0.1) is 0 Å². The highest BCUT2D eigenvalue weighted by atomic mass is 16.5. The molecule has 3 aromatic rings. The van der Waals surface area contributed by atoms with E-state index in [-0.39, 0.29) is 23.4 Å². The van der Waals surface area contributed by atoms with Crippen molar-refractivity contribution in [3.8, 4) is 16.9 Å². The fraction of sp³-hybridized carbons (Fsp3) is 0.394. The second kappa shape index (κ2) is 13.3. The van der Waals surface area contributed by atoms with E-state index in [1.807, 2.05) is 6.07 Å². The monoisotopic (exact) mass is 497 g/mol. The van der Waals surface area contributed by atoms with E-state index in [9.17, 15) is 9.59 Å². The number of nitrogens with zero attached hydrogens (tertiary/aromatic N) is 1. The van der Waals surface area contributed by atoms with Crippen molar-refractivity contribution in [2.75, 3.05) is 26.7 Å². The Kier molecular flexibility index (Phi) is 9.67. The molecule has 4 rings (SSSR count). The predicted molar refractivity (Wildman–Crippen MR) is 150 cm³/mol. The van der Waals surface area contributed by atoms with Crippen molar-refractivity contribution in [1.82, 2.24) is 4.90 Å². The van der Waals surface area contributed by atoms with Crippen molar-refractivity contribution in [3.05, 3.63) is 90.0 Å². The second-order valence-corrected chi connectivity index (χ2v) is 10.3. The number of ether oxygens (including phenoxy) is 1. The van der Waals surface area contributed by atoms with Crippen LogP contribution in [0.2, 0.25) is 0 Å². The van der Waals surface area contributed by atoms with Crippen molar-refractivity contribution in [2.24, 2.45) is 11.8 Å². The molecule has 0 saturated carbocycles. The molecular formula is C33H39NO3. The summed E-state index contributed by atoms with van der Waals surface area (Å²) in [5.74, 6) is 1.32. The van der Waals surface area contributed by atoms with Gasteiger partial charge in [-0.25, -0.2) is 0 Å². The van der Waals surface area contributed by atoms with Gasteiger partial charge in [0.25, 0.3) is 0 Å². The van der Waals surface area contributed by atoms with Crippen LogP contribution in [0.25, 0.3) is 11.1 Å². The first-order valence-corrected chi connectivity index (χ1v) is 13.6. The minimum atomic E-state index is -0.0366. The summed E-state index contributed by atoms with van der Waals surface area (Å²) in [5.41, 5.74) is 4.38. The van der Waals surface area contributed by atoms with Crippen LogP contribution in [0, 0.1) is 11.8 Å². The fourth-order valence-corrected chi connectivity index (χ4v) is 5.30. The molecule has 0 amide bonds. The van der Waals surface area contributed by atoms with Crippen LogP contribution in [0.3, 0.4) is 0 Å². The zero-order valence-electron chi connectivity index (χ0n) is 22.2. The van der Waals surface area contributed by atoms with Gasteiger partial charge in [0, 0.05) is 30.9 Å². The first kappa shape index (κ1) is 26.8. The first-order valence-electron chi connectivity index (χ1n) is 13.6. The number of carbonyl (C=O) groups is 2. The van der Waals surface area contributed by atoms with Gasteiger partial charge in [-0.3, -0.25) is 9.59 Å². The van der Waals surface area contributed by atoms with E-state index in [4.69, 9.17) is 4.74 Å². The van der Waals surface area contributed by atoms with Gasteiger partial charge in [-0.1, -0.05) is 61.5 Å². The summed E-state index contributed by atoms with van der Waals surface area (Å²) in [6, 6.07) is 26.4. The molecule has 37 heavy (non-hydrogen) atoms. The van der Waals surface area contributed by atoms with E-state index in [1.165, 1.54) is 29.5 Å². The van der Waals surface area contributed by atoms with Gasteiger partial charge in [-0.05, 0) is 85.6 Å². The highest BCUT2D eigenvalue weighted by Crippen LogP contribution is 2.26. The molecule has 0 aliphatic carbocycles. The number of methoxy groups -OCH3 is 1. The van der Waals surface area contributed by atoms with Crippen LogP contribution in [0.15, 0.2) is 78.9 Å². The van der Waals surface area contributed by atoms with Crippen LogP contribution >= 0.6 is 0 Å². The molecule has 194 valence electrons. The molecular weight excluding hydrogens is 458 g/mol. The topological polar surface area (TPSA) is 46.6 Å². The third-order valence-electron chi connectivity index (χ3n) is 7.70. The molecule has 2 unspecified atom stereocenters. The van der Waals surface area contributed by atoms with Gasteiger partial charge in [0.2, 0.25) is 0 Å². The van der Waals surface area contributed by atoms with E-state index in [0.717, 1.165) is 31.8 Å². The van der Waals surface area contributed by atoms with E-state index in [2.05, 4.69) is 60.4 Å². The fourth-order valence-electron chi connectivity index (χ4n) is 5.30. The third kappa shape index (κ3) is 7.62. The Balaban J connectivity index is 1.35. The molecule has 0 aromatic heterocycles. The lowest BCUT2D eigenvalue weighted by Crippen LogP contribution is -2.34.